The molecule has 0 aliphatic carbocycles. The Hall–Kier alpha value is -4.21. The number of hydrogen-bond acceptors (Lipinski definition) is 10. The van der Waals surface area contributed by atoms with E-state index >= 15 is 0 Å². The maximum absolute atomic E-state index is 13.5. The van der Waals surface area contributed by atoms with Crippen LogP contribution in [0.15, 0.2) is 48.2 Å². The monoisotopic (exact) mass is 499 g/mol. The molecule has 1 unspecified atom stereocenters. The highest BCUT2D eigenvalue weighted by Crippen LogP contribution is 2.40. The molecule has 0 amide bonds. The van der Waals surface area contributed by atoms with E-state index in [-0.39, 0.29) is 30.1 Å². The number of nitrogens with one attached hydrogen (secondary N) is 1. The first-order valence-corrected chi connectivity index (χ1v) is 11.3. The second-order valence-corrected chi connectivity index (χ2v) is 7.50. The van der Waals surface area contributed by atoms with E-state index in [4.69, 9.17) is 28.4 Å². The van der Waals surface area contributed by atoms with Crippen molar-refractivity contribution in [2.75, 3.05) is 39.9 Å². The summed E-state index contributed by atoms with van der Waals surface area (Å²) in [7, 11) is 4.45. The van der Waals surface area contributed by atoms with Crippen LogP contribution in [0.1, 0.15) is 24.2 Å². The maximum Gasteiger partial charge on any atom is 0.324 e. The molecule has 0 aromatic heterocycles. The number of ether oxygens (including phenoxy) is 6. The molecule has 1 aliphatic heterocycles. The second-order valence-electron chi connectivity index (χ2n) is 7.50. The molecule has 0 saturated heterocycles. The summed E-state index contributed by atoms with van der Waals surface area (Å²) < 4.78 is 32.4. The fourth-order valence-corrected chi connectivity index (χ4v) is 3.77. The van der Waals surface area contributed by atoms with Gasteiger partial charge >= 0.3 is 11.9 Å². The van der Waals surface area contributed by atoms with Gasteiger partial charge in [-0.05, 0) is 26.0 Å². The SMILES string of the molecule is CCOC(=O)C(C(=O)OCC)C1Oc2ccccc2C(=O)/C1=C\Nc1cc(OC)c(OC)c(OC)c1. The average Bonchev–Trinajstić information content (AvgIpc) is 2.88. The van der Waals surface area contributed by atoms with Crippen molar-refractivity contribution in [1.29, 1.82) is 0 Å². The van der Waals surface area contributed by atoms with Crippen LogP contribution in [0.2, 0.25) is 0 Å². The first kappa shape index (κ1) is 26.4. The molecule has 2 aromatic carbocycles. The van der Waals surface area contributed by atoms with Gasteiger partial charge in [0, 0.05) is 24.0 Å². The van der Waals surface area contributed by atoms with Gasteiger partial charge in [-0.15, -0.1) is 0 Å². The lowest BCUT2D eigenvalue weighted by atomic mass is 9.88. The molecule has 2 aromatic rings. The summed E-state index contributed by atoms with van der Waals surface area (Å²) >= 11 is 0. The average molecular weight is 500 g/mol. The standard InChI is InChI=1S/C26H29NO9/c1-6-34-25(29)21(26(30)35-7-2)23-17(22(28)16-10-8-9-11-18(16)36-23)14-27-15-12-19(31-3)24(33-5)20(13-15)32-4/h8-14,21,23,27H,6-7H2,1-5H3/b17-14+. The van der Waals surface area contributed by atoms with E-state index in [2.05, 4.69) is 5.32 Å². The zero-order chi connectivity index (χ0) is 26.2. The molecule has 1 N–H and O–H groups in total. The molecule has 1 aliphatic rings. The molecule has 0 radical (unpaired) electrons. The van der Waals surface area contributed by atoms with Crippen LogP contribution >= 0.6 is 0 Å². The predicted molar refractivity (Wildman–Crippen MR) is 130 cm³/mol. The van der Waals surface area contributed by atoms with E-state index in [0.29, 0.717) is 22.9 Å². The van der Waals surface area contributed by atoms with Gasteiger partial charge < -0.3 is 33.7 Å². The lowest BCUT2D eigenvalue weighted by Crippen LogP contribution is -2.45. The van der Waals surface area contributed by atoms with Gasteiger partial charge in [0.2, 0.25) is 5.75 Å². The molecule has 1 atom stereocenters. The van der Waals surface area contributed by atoms with Gasteiger partial charge in [0.15, 0.2) is 29.3 Å². The summed E-state index contributed by atoms with van der Waals surface area (Å²) in [5.74, 6) is -2.22. The highest BCUT2D eigenvalue weighted by atomic mass is 16.6. The zero-order valence-corrected chi connectivity index (χ0v) is 20.8. The van der Waals surface area contributed by atoms with Gasteiger partial charge in [-0.1, -0.05) is 12.1 Å². The summed E-state index contributed by atoms with van der Waals surface area (Å²) in [6.45, 7) is 3.31. The second kappa shape index (κ2) is 12.0. The summed E-state index contributed by atoms with van der Waals surface area (Å²) in [5.41, 5.74) is 0.818. The van der Waals surface area contributed by atoms with Gasteiger partial charge in [-0.3, -0.25) is 14.4 Å². The normalized spacial score (nSPS) is 15.6. The fourth-order valence-electron chi connectivity index (χ4n) is 3.77. The van der Waals surface area contributed by atoms with Gasteiger partial charge in [0.05, 0.1) is 45.7 Å². The number of para-hydroxylation sites is 1. The van der Waals surface area contributed by atoms with E-state index in [1.165, 1.54) is 27.5 Å². The van der Waals surface area contributed by atoms with Gasteiger partial charge in [0.25, 0.3) is 0 Å². The molecule has 3 rings (SSSR count). The highest BCUT2D eigenvalue weighted by molar-refractivity contribution is 6.13. The quantitative estimate of drug-likeness (QED) is 0.296. The van der Waals surface area contributed by atoms with Crippen LogP contribution in [-0.2, 0) is 19.1 Å². The number of Topliss-reactive ketones (excluding diaryl/α,β-unsaturated/α-hetero) is 1. The number of rotatable bonds is 10. The Morgan fingerprint density at radius 1 is 0.972 bits per heavy atom. The minimum atomic E-state index is -1.52. The zero-order valence-electron chi connectivity index (χ0n) is 20.8. The largest absolute Gasteiger partial charge is 0.493 e. The number of carbonyl (C=O) groups excluding carboxylic acids is 3. The Morgan fingerprint density at radius 2 is 1.56 bits per heavy atom. The third-order valence-electron chi connectivity index (χ3n) is 5.40. The molecule has 10 heteroatoms. The van der Waals surface area contributed by atoms with Crippen LogP contribution in [0.25, 0.3) is 0 Å². The first-order chi connectivity index (χ1) is 17.4. The van der Waals surface area contributed by atoms with E-state index in [9.17, 15) is 14.4 Å². The van der Waals surface area contributed by atoms with E-state index < -0.39 is 29.7 Å². The Morgan fingerprint density at radius 3 is 2.08 bits per heavy atom. The van der Waals surface area contributed by atoms with E-state index in [1.807, 2.05) is 0 Å². The van der Waals surface area contributed by atoms with Crippen LogP contribution in [-0.4, -0.2) is 58.4 Å². The Labute approximate surface area is 209 Å². The molecule has 1 heterocycles. The van der Waals surface area contributed by atoms with Gasteiger partial charge in [-0.2, -0.15) is 0 Å². The molecular formula is C26H29NO9. The van der Waals surface area contributed by atoms with Crippen molar-refractivity contribution in [3.63, 3.8) is 0 Å². The molecule has 0 bridgehead atoms. The van der Waals surface area contributed by atoms with Crippen molar-refractivity contribution in [3.8, 4) is 23.0 Å². The number of fused-ring (bicyclic) bond motifs is 1. The predicted octanol–water partition coefficient (Wildman–Crippen LogP) is 3.39. The number of methoxy groups -OCH3 is 3. The number of benzene rings is 2. The van der Waals surface area contributed by atoms with Gasteiger partial charge in [0.1, 0.15) is 5.75 Å². The number of carbonyl (C=O) groups is 3. The molecule has 0 saturated carbocycles. The van der Waals surface area contributed by atoms with Crippen molar-refractivity contribution in [2.45, 2.75) is 20.0 Å². The van der Waals surface area contributed by atoms with Crippen LogP contribution in [0.4, 0.5) is 5.69 Å². The Bertz CT molecular complexity index is 1110. The van der Waals surface area contributed by atoms with Crippen molar-refractivity contribution < 1.29 is 42.8 Å². The third kappa shape index (κ3) is 5.37. The minimum absolute atomic E-state index is 0.0357. The number of anilines is 1. The Kier molecular flexibility index (Phi) is 8.77. The summed E-state index contributed by atoms with van der Waals surface area (Å²) in [6, 6.07) is 9.87. The maximum atomic E-state index is 13.5. The fraction of sp³-hybridized carbons (Fsp3) is 0.346. The van der Waals surface area contributed by atoms with Crippen molar-refractivity contribution in [2.24, 2.45) is 5.92 Å². The van der Waals surface area contributed by atoms with Crippen LogP contribution in [0.3, 0.4) is 0 Å². The minimum Gasteiger partial charge on any atom is -0.493 e. The smallest absolute Gasteiger partial charge is 0.324 e. The molecule has 0 fully saturated rings. The number of hydrogen-bond donors (Lipinski definition) is 1. The third-order valence-corrected chi connectivity index (χ3v) is 5.40. The topological polar surface area (TPSA) is 119 Å². The van der Waals surface area contributed by atoms with Crippen molar-refractivity contribution >= 4 is 23.4 Å². The molecule has 192 valence electrons. The molecule has 0 spiro atoms. The summed E-state index contributed by atoms with van der Waals surface area (Å²) in [6.07, 6.45) is 0.0924. The van der Waals surface area contributed by atoms with E-state index in [0.717, 1.165) is 0 Å². The molecule has 36 heavy (non-hydrogen) atoms. The van der Waals surface area contributed by atoms with Crippen LogP contribution in [0, 0.1) is 5.92 Å². The molecule has 10 nitrogen and oxygen atoms in total. The molecular weight excluding hydrogens is 470 g/mol. The Balaban J connectivity index is 2.09. The lowest BCUT2D eigenvalue weighted by Gasteiger charge is -2.31. The summed E-state index contributed by atoms with van der Waals surface area (Å²) in [5, 5.41) is 3.02. The van der Waals surface area contributed by atoms with E-state index in [1.54, 1.807) is 50.2 Å². The lowest BCUT2D eigenvalue weighted by molar-refractivity contribution is -0.165. The first-order valence-electron chi connectivity index (χ1n) is 11.3. The van der Waals surface area contributed by atoms with Crippen molar-refractivity contribution in [3.05, 3.63) is 53.7 Å². The number of ketones is 1. The van der Waals surface area contributed by atoms with Crippen molar-refractivity contribution in [1.82, 2.24) is 0 Å². The van der Waals surface area contributed by atoms with Crippen LogP contribution < -0.4 is 24.3 Å². The van der Waals surface area contributed by atoms with Crippen LogP contribution in [0.5, 0.6) is 23.0 Å². The highest BCUT2D eigenvalue weighted by Gasteiger charge is 2.46. The van der Waals surface area contributed by atoms with Gasteiger partial charge in [-0.25, -0.2) is 0 Å². The number of esters is 2. The summed E-state index contributed by atoms with van der Waals surface area (Å²) in [4.78, 5) is 39.2.